The molecule has 5 aromatic heterocycles. The summed E-state index contributed by atoms with van der Waals surface area (Å²) in [6, 6.07) is 13.4. The highest BCUT2D eigenvalue weighted by molar-refractivity contribution is 5.97. The van der Waals surface area contributed by atoms with Crippen molar-refractivity contribution in [1.29, 1.82) is 0 Å². The summed E-state index contributed by atoms with van der Waals surface area (Å²) in [5.41, 5.74) is 11.5. The second-order valence-corrected chi connectivity index (χ2v) is 9.05. The van der Waals surface area contributed by atoms with Crippen LogP contribution in [0.15, 0.2) is 61.1 Å². The molecule has 11 nitrogen and oxygen atoms in total. The lowest BCUT2D eigenvalue weighted by molar-refractivity contribution is 0.0946. The summed E-state index contributed by atoms with van der Waals surface area (Å²) in [5.74, 6) is 0.487. The maximum atomic E-state index is 13.3. The van der Waals surface area contributed by atoms with Crippen LogP contribution >= 0.6 is 0 Å². The van der Waals surface area contributed by atoms with Crippen molar-refractivity contribution < 1.29 is 9.53 Å². The molecule has 1 saturated heterocycles. The van der Waals surface area contributed by atoms with Gasteiger partial charge >= 0.3 is 0 Å². The molecule has 5 aromatic rings. The van der Waals surface area contributed by atoms with Gasteiger partial charge in [0.05, 0.1) is 31.1 Å². The van der Waals surface area contributed by atoms with Crippen LogP contribution in [0.25, 0.3) is 28.3 Å². The monoisotopic (exact) mass is 509 g/mol. The second-order valence-electron chi connectivity index (χ2n) is 9.05. The minimum atomic E-state index is -0.423. The van der Waals surface area contributed by atoms with Gasteiger partial charge in [0.2, 0.25) is 0 Å². The SMILES string of the molecule is Cc1cnc2ccc(-c3nc(C(=O)NCc4cccc(N5CCOCC5)n4)c(N)nc3-c3ccc[nH]3)cn12. The number of nitrogens with zero attached hydrogens (tertiary/aromatic N) is 6. The zero-order chi connectivity index (χ0) is 26.1. The fourth-order valence-electron chi connectivity index (χ4n) is 4.51. The van der Waals surface area contributed by atoms with Crippen LogP contribution in [0.2, 0.25) is 0 Å². The van der Waals surface area contributed by atoms with E-state index in [1.807, 2.05) is 60.0 Å². The van der Waals surface area contributed by atoms with Gasteiger partial charge in [0.25, 0.3) is 5.91 Å². The molecule has 1 amide bonds. The molecule has 38 heavy (non-hydrogen) atoms. The topological polar surface area (TPSA) is 139 Å². The Bertz CT molecular complexity index is 1600. The predicted molar refractivity (Wildman–Crippen MR) is 144 cm³/mol. The van der Waals surface area contributed by atoms with Crippen LogP contribution in [0.1, 0.15) is 21.9 Å². The highest BCUT2D eigenvalue weighted by Gasteiger charge is 2.21. The molecule has 0 spiro atoms. The molecule has 0 aromatic carbocycles. The third-order valence-corrected chi connectivity index (χ3v) is 6.51. The number of hydrogen-bond donors (Lipinski definition) is 3. The van der Waals surface area contributed by atoms with Crippen LogP contribution < -0.4 is 16.0 Å². The molecule has 192 valence electrons. The van der Waals surface area contributed by atoms with Gasteiger partial charge in [-0.15, -0.1) is 0 Å². The van der Waals surface area contributed by atoms with Gasteiger partial charge in [0.15, 0.2) is 11.5 Å². The van der Waals surface area contributed by atoms with E-state index < -0.39 is 5.91 Å². The first-order valence-corrected chi connectivity index (χ1v) is 12.4. The van der Waals surface area contributed by atoms with E-state index in [0.717, 1.165) is 47.2 Å². The number of H-pyrrole nitrogens is 1. The zero-order valence-corrected chi connectivity index (χ0v) is 20.9. The van der Waals surface area contributed by atoms with E-state index in [-0.39, 0.29) is 18.1 Å². The maximum absolute atomic E-state index is 13.3. The molecule has 6 heterocycles. The number of aryl methyl sites for hydroxylation is 1. The first kappa shape index (κ1) is 23.6. The molecule has 0 radical (unpaired) electrons. The fourth-order valence-corrected chi connectivity index (χ4v) is 4.51. The Kier molecular flexibility index (Phi) is 6.18. The Morgan fingerprint density at radius 3 is 2.76 bits per heavy atom. The average molecular weight is 510 g/mol. The number of morpholine rings is 1. The lowest BCUT2D eigenvalue weighted by Gasteiger charge is -2.28. The quantitative estimate of drug-likeness (QED) is 0.318. The molecule has 1 fully saturated rings. The van der Waals surface area contributed by atoms with Crippen LogP contribution in [0, 0.1) is 6.92 Å². The number of anilines is 2. The largest absolute Gasteiger partial charge is 0.382 e. The lowest BCUT2D eigenvalue weighted by Crippen LogP contribution is -2.37. The molecular formula is C27H27N9O2. The van der Waals surface area contributed by atoms with Crippen molar-refractivity contribution >= 4 is 23.2 Å². The van der Waals surface area contributed by atoms with Crippen molar-refractivity contribution in [3.05, 3.63) is 78.1 Å². The molecule has 0 aliphatic carbocycles. The van der Waals surface area contributed by atoms with Gasteiger partial charge in [0, 0.05) is 42.9 Å². The van der Waals surface area contributed by atoms with Crippen molar-refractivity contribution in [2.75, 3.05) is 36.9 Å². The van der Waals surface area contributed by atoms with Gasteiger partial charge in [-0.05, 0) is 43.3 Å². The van der Waals surface area contributed by atoms with Crippen LogP contribution in [-0.2, 0) is 11.3 Å². The summed E-state index contributed by atoms with van der Waals surface area (Å²) in [5, 5.41) is 2.90. The smallest absolute Gasteiger partial charge is 0.274 e. The molecular weight excluding hydrogens is 482 g/mol. The van der Waals surface area contributed by atoms with Crippen molar-refractivity contribution in [1.82, 2.24) is 34.6 Å². The van der Waals surface area contributed by atoms with Gasteiger partial charge in [0.1, 0.15) is 22.9 Å². The highest BCUT2D eigenvalue weighted by atomic mass is 16.5. The van der Waals surface area contributed by atoms with Crippen LogP contribution in [0.4, 0.5) is 11.6 Å². The number of hydrogen-bond acceptors (Lipinski definition) is 8. The summed E-state index contributed by atoms with van der Waals surface area (Å²) < 4.78 is 7.40. The van der Waals surface area contributed by atoms with E-state index in [4.69, 9.17) is 20.4 Å². The summed E-state index contributed by atoms with van der Waals surface area (Å²) in [7, 11) is 0. The maximum Gasteiger partial charge on any atom is 0.274 e. The van der Waals surface area contributed by atoms with Crippen LogP contribution in [0.5, 0.6) is 0 Å². The Labute approximate surface area is 218 Å². The predicted octanol–water partition coefficient (Wildman–Crippen LogP) is 2.84. The van der Waals surface area contributed by atoms with E-state index in [0.29, 0.717) is 24.6 Å². The summed E-state index contributed by atoms with van der Waals surface area (Å²) in [4.78, 5) is 37.0. The van der Waals surface area contributed by atoms with Gasteiger partial charge in [-0.1, -0.05) is 6.07 Å². The number of aromatic amines is 1. The minimum Gasteiger partial charge on any atom is -0.382 e. The summed E-state index contributed by atoms with van der Waals surface area (Å²) in [6.45, 7) is 5.13. The molecule has 11 heteroatoms. The van der Waals surface area contributed by atoms with Crippen LogP contribution in [0.3, 0.4) is 0 Å². The molecule has 6 rings (SSSR count). The Hall–Kier alpha value is -4.77. The number of carbonyl (C=O) groups excluding carboxylic acids is 1. The molecule has 0 unspecified atom stereocenters. The minimum absolute atomic E-state index is 0.0470. The van der Waals surface area contributed by atoms with E-state index in [9.17, 15) is 4.79 Å². The van der Waals surface area contributed by atoms with Crippen molar-refractivity contribution in [2.24, 2.45) is 0 Å². The summed E-state index contributed by atoms with van der Waals surface area (Å²) >= 11 is 0. The van der Waals surface area contributed by atoms with E-state index >= 15 is 0 Å². The third-order valence-electron chi connectivity index (χ3n) is 6.51. The van der Waals surface area contributed by atoms with Gasteiger partial charge in [-0.25, -0.2) is 19.9 Å². The average Bonchev–Trinajstić information content (AvgIpc) is 3.62. The molecule has 0 atom stereocenters. The Morgan fingerprint density at radius 1 is 1.08 bits per heavy atom. The van der Waals surface area contributed by atoms with Crippen LogP contribution in [-0.4, -0.2) is 61.5 Å². The number of nitrogens with one attached hydrogen (secondary N) is 2. The molecule has 1 aliphatic rings. The number of nitrogen functional groups attached to an aromatic ring is 1. The number of amides is 1. The number of fused-ring (bicyclic) bond motifs is 1. The van der Waals surface area contributed by atoms with Crippen molar-refractivity contribution in [2.45, 2.75) is 13.5 Å². The van der Waals surface area contributed by atoms with Crippen molar-refractivity contribution in [3.8, 4) is 22.6 Å². The molecule has 0 bridgehead atoms. The van der Waals surface area contributed by atoms with E-state index in [1.165, 1.54) is 0 Å². The molecule has 4 N–H and O–H groups in total. The third kappa shape index (κ3) is 4.55. The molecule has 0 saturated carbocycles. The van der Waals surface area contributed by atoms with Crippen molar-refractivity contribution in [3.63, 3.8) is 0 Å². The number of aromatic nitrogens is 6. The standard InChI is InChI=1S/C27H27N9O2/c1-17-14-30-21-8-7-18(16-36(17)21)23-24(20-5-3-9-29-20)34-26(28)25(33-23)27(37)31-15-19-4-2-6-22(32-19)35-10-12-38-13-11-35/h2-9,14,16,29H,10-13,15H2,1H3,(H2,28,34)(H,31,37). The first-order valence-electron chi connectivity index (χ1n) is 12.4. The van der Waals surface area contributed by atoms with Gasteiger partial charge in [-0.2, -0.15) is 0 Å². The fraction of sp³-hybridized carbons (Fsp3) is 0.222. The number of nitrogens with two attached hydrogens (primary N) is 1. The highest BCUT2D eigenvalue weighted by Crippen LogP contribution is 2.30. The molecule has 1 aliphatic heterocycles. The van der Waals surface area contributed by atoms with E-state index in [1.54, 1.807) is 12.4 Å². The number of imidazole rings is 1. The summed E-state index contributed by atoms with van der Waals surface area (Å²) in [6.07, 6.45) is 5.55. The number of rotatable bonds is 6. The second kappa shape index (κ2) is 9.94. The normalized spacial score (nSPS) is 13.7. The first-order chi connectivity index (χ1) is 18.6. The zero-order valence-electron chi connectivity index (χ0n) is 20.9. The Balaban J connectivity index is 1.31. The Morgan fingerprint density at radius 2 is 1.95 bits per heavy atom. The van der Waals surface area contributed by atoms with E-state index in [2.05, 4.69) is 25.2 Å². The lowest BCUT2D eigenvalue weighted by atomic mass is 10.1. The van der Waals surface area contributed by atoms with Gasteiger partial charge < -0.3 is 30.1 Å². The van der Waals surface area contributed by atoms with Gasteiger partial charge in [-0.3, -0.25) is 4.79 Å². The number of pyridine rings is 2. The number of carbonyl (C=O) groups is 1. The number of ether oxygens (including phenoxy) is 1.